The van der Waals surface area contributed by atoms with Gasteiger partial charge in [-0.2, -0.15) is 0 Å². The van der Waals surface area contributed by atoms with Crippen LogP contribution < -0.4 is 5.73 Å². The Balaban J connectivity index is 1.62. The fraction of sp³-hybridized carbons (Fsp3) is 0.350. The van der Waals surface area contributed by atoms with Gasteiger partial charge >= 0.3 is 6.03 Å². The van der Waals surface area contributed by atoms with E-state index in [-0.39, 0.29) is 11.9 Å². The number of carbonyl (C=O) groups excluding carboxylic acids is 2. The number of amides is 3. The molecule has 1 fully saturated rings. The summed E-state index contributed by atoms with van der Waals surface area (Å²) in [5, 5.41) is 0. The number of pyridine rings is 1. The molecule has 0 aliphatic carbocycles. The lowest BCUT2D eigenvalue weighted by Crippen LogP contribution is -2.46. The fourth-order valence-electron chi connectivity index (χ4n) is 3.32. The summed E-state index contributed by atoms with van der Waals surface area (Å²) in [5.41, 5.74) is 8.22. The largest absolute Gasteiger partial charge is 0.351 e. The number of aryl methyl sites for hydroxylation is 1. The molecule has 1 aromatic carbocycles. The number of primary amides is 1. The van der Waals surface area contributed by atoms with Crippen molar-refractivity contribution >= 4 is 11.9 Å². The molecule has 1 aromatic heterocycles. The molecule has 0 radical (unpaired) electrons. The lowest BCUT2D eigenvalue weighted by atomic mass is 10.1. The van der Waals surface area contributed by atoms with Crippen LogP contribution in [0.2, 0.25) is 0 Å². The lowest BCUT2D eigenvalue weighted by molar-refractivity contribution is 0.0780. The lowest BCUT2D eigenvalue weighted by Gasteiger charge is -2.27. The van der Waals surface area contributed by atoms with Crippen LogP contribution in [0.15, 0.2) is 48.7 Å². The molecule has 1 aliphatic heterocycles. The van der Waals surface area contributed by atoms with Crippen LogP contribution in [-0.2, 0) is 6.42 Å². The number of aromatic nitrogens is 1. The van der Waals surface area contributed by atoms with Crippen molar-refractivity contribution in [2.24, 2.45) is 5.73 Å². The zero-order valence-corrected chi connectivity index (χ0v) is 15.0. The number of carbonyl (C=O) groups is 2. The highest BCUT2D eigenvalue weighted by molar-refractivity contribution is 5.94. The number of urea groups is 1. The first-order valence-electron chi connectivity index (χ1n) is 8.86. The molecular weight excluding hydrogens is 328 g/mol. The first kappa shape index (κ1) is 17.9. The molecule has 3 rings (SSSR count). The van der Waals surface area contributed by atoms with E-state index in [2.05, 4.69) is 4.98 Å². The summed E-state index contributed by atoms with van der Waals surface area (Å²) >= 11 is 0. The maximum Gasteiger partial charge on any atom is 0.315 e. The number of nitrogens with zero attached hydrogens (tertiary/aromatic N) is 3. The highest BCUT2D eigenvalue weighted by Gasteiger charge is 2.32. The van der Waals surface area contributed by atoms with E-state index in [4.69, 9.17) is 5.73 Å². The molecule has 136 valence electrons. The van der Waals surface area contributed by atoms with E-state index in [9.17, 15) is 9.59 Å². The third kappa shape index (κ3) is 4.20. The van der Waals surface area contributed by atoms with Gasteiger partial charge in [0.25, 0.3) is 5.91 Å². The topological polar surface area (TPSA) is 79.5 Å². The van der Waals surface area contributed by atoms with Crippen molar-refractivity contribution < 1.29 is 9.59 Å². The summed E-state index contributed by atoms with van der Waals surface area (Å²) in [7, 11) is 0. The Morgan fingerprint density at radius 1 is 1.23 bits per heavy atom. The maximum absolute atomic E-state index is 12.6. The van der Waals surface area contributed by atoms with E-state index < -0.39 is 6.03 Å². The van der Waals surface area contributed by atoms with E-state index in [0.29, 0.717) is 25.2 Å². The Labute approximate surface area is 153 Å². The van der Waals surface area contributed by atoms with Crippen molar-refractivity contribution in [3.63, 3.8) is 0 Å². The zero-order chi connectivity index (χ0) is 18.5. The smallest absolute Gasteiger partial charge is 0.315 e. The number of hydrogen-bond donors (Lipinski definition) is 1. The van der Waals surface area contributed by atoms with Crippen LogP contribution in [0.1, 0.15) is 28.0 Å². The molecule has 2 N–H and O–H groups in total. The Kier molecular flexibility index (Phi) is 5.51. The van der Waals surface area contributed by atoms with E-state index >= 15 is 0 Å². The summed E-state index contributed by atoms with van der Waals surface area (Å²) in [6.07, 6.45) is 3.09. The van der Waals surface area contributed by atoms with Crippen LogP contribution in [0.4, 0.5) is 4.79 Å². The van der Waals surface area contributed by atoms with Gasteiger partial charge in [0.2, 0.25) is 0 Å². The van der Waals surface area contributed by atoms with Crippen molar-refractivity contribution in [1.29, 1.82) is 0 Å². The second-order valence-electron chi connectivity index (χ2n) is 6.65. The SMILES string of the molecule is Cc1ccc(C(=O)N2CC[C@@H](N(CCc3ccccc3)C(N)=O)C2)cn1. The Morgan fingerprint density at radius 3 is 2.65 bits per heavy atom. The molecule has 1 atom stereocenters. The van der Waals surface area contributed by atoms with Crippen molar-refractivity contribution in [3.05, 3.63) is 65.5 Å². The van der Waals surface area contributed by atoms with Crippen LogP contribution in [-0.4, -0.2) is 52.4 Å². The highest BCUT2D eigenvalue weighted by Crippen LogP contribution is 2.19. The first-order valence-corrected chi connectivity index (χ1v) is 8.86. The maximum atomic E-state index is 12.6. The van der Waals surface area contributed by atoms with E-state index in [1.807, 2.05) is 43.3 Å². The third-order valence-corrected chi connectivity index (χ3v) is 4.82. The van der Waals surface area contributed by atoms with Crippen LogP contribution >= 0.6 is 0 Å². The van der Waals surface area contributed by atoms with E-state index in [0.717, 1.165) is 24.1 Å². The molecule has 2 heterocycles. The van der Waals surface area contributed by atoms with Gasteiger partial charge in [0, 0.05) is 31.5 Å². The number of likely N-dealkylation sites (tertiary alicyclic amines) is 1. The standard InChI is InChI=1S/C20H24N4O2/c1-15-7-8-17(13-22-15)19(25)23-11-10-18(14-23)24(20(21)26)12-9-16-5-3-2-4-6-16/h2-8,13,18H,9-12,14H2,1H3,(H2,21,26)/t18-/m1/s1. The number of benzene rings is 1. The van der Waals surface area contributed by atoms with Gasteiger partial charge in [-0.05, 0) is 37.5 Å². The van der Waals surface area contributed by atoms with Gasteiger partial charge in [0.15, 0.2) is 0 Å². The van der Waals surface area contributed by atoms with Crippen LogP contribution in [0, 0.1) is 6.92 Å². The second-order valence-corrected chi connectivity index (χ2v) is 6.65. The second kappa shape index (κ2) is 7.99. The molecule has 6 heteroatoms. The van der Waals surface area contributed by atoms with Crippen LogP contribution in [0.25, 0.3) is 0 Å². The van der Waals surface area contributed by atoms with Crippen molar-refractivity contribution in [2.75, 3.05) is 19.6 Å². The van der Waals surface area contributed by atoms with Gasteiger partial charge in [0.1, 0.15) is 0 Å². The number of rotatable bonds is 5. The molecule has 3 amide bonds. The number of nitrogens with two attached hydrogens (primary N) is 1. The minimum Gasteiger partial charge on any atom is -0.351 e. The number of hydrogen-bond acceptors (Lipinski definition) is 3. The first-order chi connectivity index (χ1) is 12.5. The average Bonchev–Trinajstić information content (AvgIpc) is 3.12. The summed E-state index contributed by atoms with van der Waals surface area (Å²) in [4.78, 5) is 32.2. The molecule has 1 aliphatic rings. The Bertz CT molecular complexity index is 761. The molecule has 0 saturated carbocycles. The fourth-order valence-corrected chi connectivity index (χ4v) is 3.32. The van der Waals surface area contributed by atoms with Crippen LogP contribution in [0.5, 0.6) is 0 Å². The molecule has 0 spiro atoms. The third-order valence-electron chi connectivity index (χ3n) is 4.82. The Hall–Kier alpha value is -2.89. The van der Waals surface area contributed by atoms with Crippen LogP contribution in [0.3, 0.4) is 0 Å². The van der Waals surface area contributed by atoms with E-state index in [1.165, 1.54) is 0 Å². The average molecular weight is 352 g/mol. The highest BCUT2D eigenvalue weighted by atomic mass is 16.2. The molecule has 2 aromatic rings. The molecule has 0 bridgehead atoms. The summed E-state index contributed by atoms with van der Waals surface area (Å²) in [6.45, 7) is 3.56. The van der Waals surface area contributed by atoms with Crippen molar-refractivity contribution in [1.82, 2.24) is 14.8 Å². The quantitative estimate of drug-likeness (QED) is 0.896. The van der Waals surface area contributed by atoms with Gasteiger partial charge in [-0.15, -0.1) is 0 Å². The molecule has 6 nitrogen and oxygen atoms in total. The van der Waals surface area contributed by atoms with Gasteiger partial charge in [-0.1, -0.05) is 30.3 Å². The molecule has 1 saturated heterocycles. The zero-order valence-electron chi connectivity index (χ0n) is 15.0. The van der Waals surface area contributed by atoms with Gasteiger partial charge in [-0.3, -0.25) is 9.78 Å². The normalized spacial score (nSPS) is 16.5. The van der Waals surface area contributed by atoms with Gasteiger partial charge in [-0.25, -0.2) is 4.79 Å². The minimum atomic E-state index is -0.433. The van der Waals surface area contributed by atoms with E-state index in [1.54, 1.807) is 22.1 Å². The van der Waals surface area contributed by atoms with Gasteiger partial charge < -0.3 is 15.5 Å². The molecule has 0 unspecified atom stereocenters. The Morgan fingerprint density at radius 2 is 2.00 bits per heavy atom. The summed E-state index contributed by atoms with van der Waals surface area (Å²) in [5.74, 6) is -0.0486. The summed E-state index contributed by atoms with van der Waals surface area (Å²) in [6, 6.07) is 13.1. The molecular formula is C20H24N4O2. The van der Waals surface area contributed by atoms with Gasteiger partial charge in [0.05, 0.1) is 11.6 Å². The monoisotopic (exact) mass is 352 g/mol. The van der Waals surface area contributed by atoms with Crippen molar-refractivity contribution in [2.45, 2.75) is 25.8 Å². The predicted molar refractivity (Wildman–Crippen MR) is 99.7 cm³/mol. The summed E-state index contributed by atoms with van der Waals surface area (Å²) < 4.78 is 0. The van der Waals surface area contributed by atoms with Crippen molar-refractivity contribution in [3.8, 4) is 0 Å². The molecule has 26 heavy (non-hydrogen) atoms. The minimum absolute atomic E-state index is 0.0430. The predicted octanol–water partition coefficient (Wildman–Crippen LogP) is 2.23.